The summed E-state index contributed by atoms with van der Waals surface area (Å²) in [5.41, 5.74) is 1.11. The summed E-state index contributed by atoms with van der Waals surface area (Å²) in [7, 11) is 0. The number of thiophene rings is 1. The summed E-state index contributed by atoms with van der Waals surface area (Å²) in [6, 6.07) is 1.89. The lowest BCUT2D eigenvalue weighted by Gasteiger charge is -2.44. The lowest BCUT2D eigenvalue weighted by Crippen LogP contribution is -2.52. The van der Waals surface area contributed by atoms with E-state index in [1.165, 1.54) is 45.2 Å². The highest BCUT2D eigenvalue weighted by Gasteiger charge is 2.39. The van der Waals surface area contributed by atoms with Crippen LogP contribution >= 0.6 is 11.3 Å². The van der Waals surface area contributed by atoms with Crippen molar-refractivity contribution in [1.82, 2.24) is 9.80 Å². The first-order valence-electron chi connectivity index (χ1n) is 9.00. The maximum absolute atomic E-state index is 13.0. The van der Waals surface area contributed by atoms with E-state index in [2.05, 4.69) is 26.6 Å². The third-order valence-electron chi connectivity index (χ3n) is 5.70. The van der Waals surface area contributed by atoms with Gasteiger partial charge in [-0.05, 0) is 80.2 Å². The zero-order valence-electron chi connectivity index (χ0n) is 13.7. The molecule has 2 atom stereocenters. The Balaban J connectivity index is 1.48. The van der Waals surface area contributed by atoms with Gasteiger partial charge in [-0.15, -0.1) is 0 Å². The number of fused-ring (bicyclic) bond motifs is 3. The fraction of sp³-hybridized carbons (Fsp3) is 0.722. The molecule has 126 valence electrons. The summed E-state index contributed by atoms with van der Waals surface area (Å²) in [4.78, 5) is 17.8. The number of ether oxygens (including phenoxy) is 1. The molecule has 4 nitrogen and oxygen atoms in total. The van der Waals surface area contributed by atoms with Crippen molar-refractivity contribution in [2.75, 3.05) is 32.7 Å². The van der Waals surface area contributed by atoms with Crippen molar-refractivity contribution in [2.45, 2.75) is 44.2 Å². The van der Waals surface area contributed by atoms with E-state index >= 15 is 0 Å². The Hall–Kier alpha value is -0.910. The highest BCUT2D eigenvalue weighted by Crippen LogP contribution is 2.33. The van der Waals surface area contributed by atoms with E-state index in [0.29, 0.717) is 5.92 Å². The molecule has 1 aromatic rings. The minimum absolute atomic E-state index is 0.0240. The Morgan fingerprint density at radius 1 is 1.17 bits per heavy atom. The van der Waals surface area contributed by atoms with Crippen molar-refractivity contribution in [3.63, 3.8) is 0 Å². The van der Waals surface area contributed by atoms with Crippen LogP contribution in [0.2, 0.25) is 0 Å². The van der Waals surface area contributed by atoms with Crippen LogP contribution in [0.15, 0.2) is 16.8 Å². The van der Waals surface area contributed by atoms with E-state index in [4.69, 9.17) is 4.74 Å². The van der Waals surface area contributed by atoms with Gasteiger partial charge < -0.3 is 4.74 Å². The van der Waals surface area contributed by atoms with Gasteiger partial charge in [0.05, 0.1) is 0 Å². The predicted molar refractivity (Wildman–Crippen MR) is 91.5 cm³/mol. The number of likely N-dealkylation sites (tertiary alicyclic amines) is 1. The molecule has 0 saturated carbocycles. The maximum Gasteiger partial charge on any atom is 0.328 e. The van der Waals surface area contributed by atoms with Gasteiger partial charge in [-0.1, -0.05) is 6.42 Å². The molecular formula is C18H26N2O2S. The molecule has 2 bridgehead atoms. The molecule has 1 unspecified atom stereocenters. The molecule has 5 heterocycles. The number of piperidine rings is 4. The third-order valence-corrected chi connectivity index (χ3v) is 6.40. The summed E-state index contributed by atoms with van der Waals surface area (Å²) in [6.45, 7) is 5.32. The van der Waals surface area contributed by atoms with Crippen molar-refractivity contribution in [3.8, 4) is 0 Å². The minimum atomic E-state index is -0.197. The normalized spacial score (nSPS) is 32.6. The van der Waals surface area contributed by atoms with E-state index in [1.54, 1.807) is 11.3 Å². The number of nitrogens with zero attached hydrogens (tertiary/aromatic N) is 2. The smallest absolute Gasteiger partial charge is 0.328 e. The number of carbonyl (C=O) groups excluding carboxylic acids is 1. The molecular weight excluding hydrogens is 308 g/mol. The summed E-state index contributed by atoms with van der Waals surface area (Å²) in [5, 5.41) is 4.17. The van der Waals surface area contributed by atoms with Gasteiger partial charge in [0.25, 0.3) is 0 Å². The topological polar surface area (TPSA) is 32.8 Å². The van der Waals surface area contributed by atoms with Crippen LogP contribution in [0.4, 0.5) is 0 Å². The van der Waals surface area contributed by atoms with Gasteiger partial charge in [-0.3, -0.25) is 9.80 Å². The fourth-order valence-corrected chi connectivity index (χ4v) is 5.04. The summed E-state index contributed by atoms with van der Waals surface area (Å²) in [6.07, 6.45) is 6.13. The molecule has 23 heavy (non-hydrogen) atoms. The minimum Gasteiger partial charge on any atom is -0.459 e. The molecule has 5 heteroatoms. The molecule has 5 rings (SSSR count). The Morgan fingerprint density at radius 3 is 2.57 bits per heavy atom. The van der Waals surface area contributed by atoms with Crippen LogP contribution in [0.1, 0.15) is 43.7 Å². The third kappa shape index (κ3) is 3.32. The van der Waals surface area contributed by atoms with Crippen LogP contribution in [0.25, 0.3) is 0 Å². The zero-order valence-corrected chi connectivity index (χ0v) is 14.5. The summed E-state index contributed by atoms with van der Waals surface area (Å²) >= 11 is 1.66. The van der Waals surface area contributed by atoms with E-state index in [0.717, 1.165) is 25.2 Å². The largest absolute Gasteiger partial charge is 0.459 e. The zero-order chi connectivity index (χ0) is 15.6. The first-order chi connectivity index (χ1) is 11.3. The molecule has 0 spiro atoms. The van der Waals surface area contributed by atoms with Crippen molar-refractivity contribution < 1.29 is 9.53 Å². The Labute approximate surface area is 142 Å². The van der Waals surface area contributed by atoms with Crippen molar-refractivity contribution in [1.29, 1.82) is 0 Å². The quantitative estimate of drug-likeness (QED) is 0.793. The van der Waals surface area contributed by atoms with Gasteiger partial charge in [0, 0.05) is 6.54 Å². The highest BCUT2D eigenvalue weighted by atomic mass is 32.1. The molecule has 4 aliphatic heterocycles. The predicted octanol–water partition coefficient (Wildman–Crippen LogP) is 2.91. The standard InChI is InChI=1S/C18H26N2O2S/c21-18(22-16-12-19-9-4-14(16)5-10-19)17(15-6-11-23-13-15)20-7-2-1-3-8-20/h6,11,13-14,16-17H,1-5,7-10,12H2/t16-,17?/m0/s1. The second kappa shape index (κ2) is 6.91. The van der Waals surface area contributed by atoms with Gasteiger partial charge >= 0.3 is 5.97 Å². The molecule has 1 aromatic heterocycles. The number of carbonyl (C=O) groups is 1. The average molecular weight is 334 g/mol. The second-order valence-corrected chi connectivity index (χ2v) is 7.95. The van der Waals surface area contributed by atoms with Crippen molar-refractivity contribution >= 4 is 17.3 Å². The molecule has 0 aromatic carbocycles. The molecule has 0 aliphatic carbocycles. The summed E-state index contributed by atoms with van der Waals surface area (Å²) in [5.74, 6) is 0.553. The fourth-order valence-electron chi connectivity index (χ4n) is 4.36. The van der Waals surface area contributed by atoms with Crippen molar-refractivity contribution in [3.05, 3.63) is 22.4 Å². The molecule has 0 amide bonds. The SMILES string of the molecule is O=C(O[C@H]1CN2CCC1CC2)C(c1ccsc1)N1CCCCC1. The van der Waals surface area contributed by atoms with E-state index in [1.807, 2.05) is 0 Å². The van der Waals surface area contributed by atoms with Gasteiger partial charge in [-0.2, -0.15) is 11.3 Å². The van der Waals surface area contributed by atoms with Gasteiger partial charge in [0.15, 0.2) is 0 Å². The van der Waals surface area contributed by atoms with E-state index < -0.39 is 0 Å². The average Bonchev–Trinajstić information content (AvgIpc) is 3.11. The summed E-state index contributed by atoms with van der Waals surface area (Å²) < 4.78 is 6.05. The van der Waals surface area contributed by atoms with E-state index in [-0.39, 0.29) is 18.1 Å². The Kier molecular flexibility index (Phi) is 4.69. The van der Waals surface area contributed by atoms with Crippen LogP contribution in [0.3, 0.4) is 0 Å². The van der Waals surface area contributed by atoms with Crippen LogP contribution in [0.5, 0.6) is 0 Å². The number of hydrogen-bond acceptors (Lipinski definition) is 5. The van der Waals surface area contributed by atoms with Crippen LogP contribution in [-0.4, -0.2) is 54.6 Å². The molecule has 0 N–H and O–H groups in total. The number of hydrogen-bond donors (Lipinski definition) is 0. The Bertz CT molecular complexity index is 519. The van der Waals surface area contributed by atoms with Gasteiger partial charge in [0.2, 0.25) is 0 Å². The lowest BCUT2D eigenvalue weighted by molar-refractivity contribution is -0.166. The molecule has 4 fully saturated rings. The maximum atomic E-state index is 13.0. The van der Waals surface area contributed by atoms with Crippen molar-refractivity contribution in [2.24, 2.45) is 5.92 Å². The first-order valence-corrected chi connectivity index (χ1v) is 9.94. The monoisotopic (exact) mass is 334 g/mol. The van der Waals surface area contributed by atoms with Crippen LogP contribution in [0, 0.1) is 5.92 Å². The molecule has 4 aliphatic rings. The Morgan fingerprint density at radius 2 is 1.96 bits per heavy atom. The van der Waals surface area contributed by atoms with Gasteiger partial charge in [0.1, 0.15) is 12.1 Å². The number of rotatable bonds is 4. The highest BCUT2D eigenvalue weighted by molar-refractivity contribution is 7.08. The molecule has 0 radical (unpaired) electrons. The number of esters is 1. The van der Waals surface area contributed by atoms with Crippen LogP contribution in [-0.2, 0) is 9.53 Å². The first kappa shape index (κ1) is 15.6. The van der Waals surface area contributed by atoms with Crippen LogP contribution < -0.4 is 0 Å². The lowest BCUT2D eigenvalue weighted by atomic mass is 9.86. The second-order valence-electron chi connectivity index (χ2n) is 7.17. The van der Waals surface area contributed by atoms with E-state index in [9.17, 15) is 4.79 Å². The molecule has 4 saturated heterocycles. The van der Waals surface area contributed by atoms with Gasteiger partial charge in [-0.25, -0.2) is 4.79 Å².